The van der Waals surface area contributed by atoms with Crippen LogP contribution < -0.4 is 32.0 Å². The molecule has 2 aliphatic heterocycles. The molecule has 2 fully saturated rings. The highest BCUT2D eigenvalue weighted by Gasteiger charge is 2.44. The van der Waals surface area contributed by atoms with E-state index in [0.717, 1.165) is 5.01 Å². The van der Waals surface area contributed by atoms with Crippen LogP contribution in [0.2, 0.25) is 0 Å². The first-order valence-electron chi connectivity index (χ1n) is 21.4. The Hall–Kier alpha value is -5.10. The summed E-state index contributed by atoms with van der Waals surface area (Å²) >= 11 is 0. The lowest BCUT2D eigenvalue weighted by atomic mass is 9.95. The van der Waals surface area contributed by atoms with E-state index in [1.165, 1.54) is 18.9 Å². The van der Waals surface area contributed by atoms with Crippen LogP contribution in [0.15, 0.2) is 30.3 Å². The van der Waals surface area contributed by atoms with E-state index < -0.39 is 108 Å². The highest BCUT2D eigenvalue weighted by atomic mass is 16.5. The second-order valence-electron chi connectivity index (χ2n) is 17.2. The summed E-state index contributed by atoms with van der Waals surface area (Å²) in [5, 5.41) is 25.3. The molecule has 11 atom stereocenters. The molecule has 2 heterocycles. The van der Waals surface area contributed by atoms with Crippen molar-refractivity contribution in [3.63, 3.8) is 0 Å². The predicted octanol–water partition coefficient (Wildman–Crippen LogP) is 0.316. The maximum Gasteiger partial charge on any atom is 0.329 e. The standard InChI is InChI=1S/C43H68N8O10/c1-11-25(7)33(44-22-52)39(56)49-35-27(9)61-43(60)36(24(5)6)50(10)41(58)31(18-23(3)4)47-38(55)32-20-29(53)21-45-51(32)42(59)34(26(8)12-2)48-37(54)30(46-40(35)57)19-28-16-14-13-15-17-28/h13-17,22-27,29-36,45,53H,11-12,18-21H2,1-10H3,(H,44,52)(H,46,57)(H,47,55)(H,48,54)(H,49,56)/t25?,26?,27-,29?,30?,31?,32?,33?,34?,35?,36?/m0/s1. The van der Waals surface area contributed by atoms with Crippen LogP contribution in [0.5, 0.6) is 0 Å². The number of nitrogens with zero attached hydrogens (tertiary/aromatic N) is 2. The number of cyclic esters (lactones) is 1. The number of aliphatic hydroxyl groups excluding tert-OH is 1. The third-order valence-corrected chi connectivity index (χ3v) is 11.6. The molecule has 0 saturated carbocycles. The van der Waals surface area contributed by atoms with E-state index in [2.05, 4.69) is 32.0 Å². The molecule has 18 heteroatoms. The van der Waals surface area contributed by atoms with Gasteiger partial charge in [0.1, 0.15) is 48.4 Å². The summed E-state index contributed by atoms with van der Waals surface area (Å²) in [6, 6.07) is -0.216. The Bertz CT molecular complexity index is 1700. The van der Waals surface area contributed by atoms with Crippen molar-refractivity contribution >= 4 is 47.8 Å². The first-order chi connectivity index (χ1) is 28.7. The fourth-order valence-electron chi connectivity index (χ4n) is 7.61. The lowest BCUT2D eigenvalue weighted by molar-refractivity contribution is -0.163. The molecule has 3 rings (SSSR count). The van der Waals surface area contributed by atoms with E-state index in [9.17, 15) is 43.5 Å². The number of hydrogen-bond acceptors (Lipinski definition) is 11. The van der Waals surface area contributed by atoms with Crippen molar-refractivity contribution in [2.75, 3.05) is 13.6 Å². The zero-order valence-electron chi connectivity index (χ0n) is 37.2. The molecule has 0 spiro atoms. The number of carbonyl (C=O) groups is 8. The third-order valence-electron chi connectivity index (χ3n) is 11.6. The fraction of sp³-hybridized carbons (Fsp3) is 0.674. The highest BCUT2D eigenvalue weighted by molar-refractivity contribution is 5.98. The van der Waals surface area contributed by atoms with Gasteiger partial charge < -0.3 is 41.3 Å². The third kappa shape index (κ3) is 13.4. The second kappa shape index (κ2) is 23.2. The lowest BCUT2D eigenvalue weighted by Gasteiger charge is -2.41. The second-order valence-corrected chi connectivity index (χ2v) is 17.2. The molecule has 340 valence electrons. The van der Waals surface area contributed by atoms with Gasteiger partial charge in [-0.1, -0.05) is 98.6 Å². The smallest absolute Gasteiger partial charge is 0.329 e. The molecule has 0 bridgehead atoms. The summed E-state index contributed by atoms with van der Waals surface area (Å²) in [6.45, 7) is 15.5. The highest BCUT2D eigenvalue weighted by Crippen LogP contribution is 2.21. The van der Waals surface area contributed by atoms with E-state index in [1.807, 2.05) is 27.7 Å². The number of hydrazine groups is 1. The first-order valence-corrected chi connectivity index (χ1v) is 21.4. The molecule has 18 nitrogen and oxygen atoms in total. The minimum absolute atomic E-state index is 0.0599. The van der Waals surface area contributed by atoms with Crippen LogP contribution >= 0.6 is 0 Å². The van der Waals surface area contributed by atoms with E-state index in [1.54, 1.807) is 58.0 Å². The van der Waals surface area contributed by atoms with Crippen LogP contribution in [0.1, 0.15) is 93.6 Å². The van der Waals surface area contributed by atoms with Crippen molar-refractivity contribution < 1.29 is 48.2 Å². The SMILES string of the molecule is CCC(C)C(NC=O)C(=O)NC1C(=O)NC(Cc2ccccc2)C(=O)NC(C(C)CC)C(=O)N2NCC(O)CC2C(=O)NC(CC(C)C)C(=O)N(C)C(C(C)C)C(=O)O[C@H]1C. The molecule has 1 aromatic carbocycles. The number of nitrogens with one attached hydrogen (secondary N) is 6. The van der Waals surface area contributed by atoms with Gasteiger partial charge in [0.25, 0.3) is 5.91 Å². The van der Waals surface area contributed by atoms with Gasteiger partial charge in [-0.3, -0.25) is 38.6 Å². The molecule has 0 radical (unpaired) electrons. The number of aliphatic hydroxyl groups is 1. The van der Waals surface area contributed by atoms with Crippen molar-refractivity contribution in [3.05, 3.63) is 35.9 Å². The van der Waals surface area contributed by atoms with Crippen LogP contribution in [0.25, 0.3) is 0 Å². The number of likely N-dealkylation sites (N-methyl/N-ethyl adjacent to an activating group) is 1. The van der Waals surface area contributed by atoms with Crippen molar-refractivity contribution in [2.24, 2.45) is 23.7 Å². The fourth-order valence-corrected chi connectivity index (χ4v) is 7.61. The summed E-state index contributed by atoms with van der Waals surface area (Å²) in [4.78, 5) is 113. The monoisotopic (exact) mass is 857 g/mol. The Kier molecular flexibility index (Phi) is 19.1. The Morgan fingerprint density at radius 1 is 0.902 bits per heavy atom. The van der Waals surface area contributed by atoms with Crippen LogP contribution in [0.4, 0.5) is 0 Å². The van der Waals surface area contributed by atoms with Crippen LogP contribution in [0.3, 0.4) is 0 Å². The van der Waals surface area contributed by atoms with Crippen molar-refractivity contribution in [3.8, 4) is 0 Å². The quantitative estimate of drug-likeness (QED) is 0.105. The van der Waals surface area contributed by atoms with Crippen molar-refractivity contribution in [1.29, 1.82) is 0 Å². The molecule has 0 aromatic heterocycles. The Balaban J connectivity index is 2.26. The Labute approximate surface area is 359 Å². The molecule has 61 heavy (non-hydrogen) atoms. The molecule has 2 aliphatic rings. The average molecular weight is 857 g/mol. The number of β-amino-alcohol motifs (C(OH)–C–C–N with tert-alkyl or cyclic N) is 1. The largest absolute Gasteiger partial charge is 0.458 e. The number of benzene rings is 1. The number of esters is 1. The molecule has 7 amide bonds. The van der Waals surface area contributed by atoms with Crippen molar-refractivity contribution in [2.45, 2.75) is 149 Å². The van der Waals surface area contributed by atoms with E-state index in [4.69, 9.17) is 4.74 Å². The topological polar surface area (TPSA) is 245 Å². The summed E-state index contributed by atoms with van der Waals surface area (Å²) in [6.07, 6.45) is -1.24. The predicted molar refractivity (Wildman–Crippen MR) is 225 cm³/mol. The number of amides is 7. The lowest BCUT2D eigenvalue weighted by Crippen LogP contribution is -2.67. The minimum Gasteiger partial charge on any atom is -0.458 e. The summed E-state index contributed by atoms with van der Waals surface area (Å²) in [7, 11) is 1.40. The summed E-state index contributed by atoms with van der Waals surface area (Å²) < 4.78 is 5.92. The van der Waals surface area contributed by atoms with E-state index in [0.29, 0.717) is 24.8 Å². The molecule has 2 saturated heterocycles. The van der Waals surface area contributed by atoms with Gasteiger partial charge in [0, 0.05) is 26.4 Å². The number of ether oxygens (including phenoxy) is 1. The van der Waals surface area contributed by atoms with E-state index >= 15 is 0 Å². The molecule has 1 aromatic rings. The maximum atomic E-state index is 14.6. The Morgan fingerprint density at radius 2 is 1.54 bits per heavy atom. The van der Waals surface area contributed by atoms with Gasteiger partial charge in [-0.15, -0.1) is 0 Å². The normalized spacial score (nSPS) is 27.9. The van der Waals surface area contributed by atoms with E-state index in [-0.39, 0.29) is 37.6 Å². The zero-order chi connectivity index (χ0) is 45.7. The number of fused-ring (bicyclic) bond motifs is 1. The van der Waals surface area contributed by atoms with Crippen LogP contribution in [-0.2, 0) is 49.5 Å². The molecule has 7 N–H and O–H groups in total. The average Bonchev–Trinajstić information content (AvgIpc) is 3.21. The Morgan fingerprint density at radius 3 is 2.11 bits per heavy atom. The summed E-state index contributed by atoms with van der Waals surface area (Å²) in [5.41, 5.74) is 3.50. The molecule has 0 aliphatic carbocycles. The zero-order valence-corrected chi connectivity index (χ0v) is 37.2. The van der Waals surface area contributed by atoms with Gasteiger partial charge in [0.15, 0.2) is 0 Å². The molecular formula is C43H68N8O10. The van der Waals surface area contributed by atoms with Gasteiger partial charge in [0.2, 0.25) is 35.9 Å². The van der Waals surface area contributed by atoms with Crippen LogP contribution in [-0.4, -0.2) is 131 Å². The van der Waals surface area contributed by atoms with Gasteiger partial charge in [0.05, 0.1) is 6.10 Å². The van der Waals surface area contributed by atoms with Gasteiger partial charge >= 0.3 is 5.97 Å². The number of rotatable bonds is 13. The summed E-state index contributed by atoms with van der Waals surface area (Å²) in [5.74, 6) is -6.90. The number of carbonyl (C=O) groups excluding carboxylic acids is 8. The van der Waals surface area contributed by atoms with Gasteiger partial charge in [-0.2, -0.15) is 0 Å². The molecule has 10 unspecified atom stereocenters. The first kappa shape index (κ1) is 50.3. The van der Waals surface area contributed by atoms with Crippen molar-refractivity contribution in [1.82, 2.24) is 41.9 Å². The molecular weight excluding hydrogens is 789 g/mol. The van der Waals surface area contributed by atoms with Crippen LogP contribution in [0, 0.1) is 23.7 Å². The number of hydrogen-bond donors (Lipinski definition) is 7. The maximum absolute atomic E-state index is 14.6. The van der Waals surface area contributed by atoms with Gasteiger partial charge in [-0.05, 0) is 42.6 Å². The minimum atomic E-state index is -1.62. The van der Waals surface area contributed by atoms with Gasteiger partial charge in [-0.25, -0.2) is 10.2 Å².